The summed E-state index contributed by atoms with van der Waals surface area (Å²) in [4.78, 5) is 22.4. The predicted molar refractivity (Wildman–Crippen MR) is 100 cm³/mol. The van der Waals surface area contributed by atoms with E-state index < -0.39 is 5.97 Å². The van der Waals surface area contributed by atoms with Gasteiger partial charge >= 0.3 is 5.97 Å². The molecule has 2 aromatic rings. The molecule has 0 saturated carbocycles. The maximum absolute atomic E-state index is 11.7. The van der Waals surface area contributed by atoms with E-state index in [0.29, 0.717) is 22.2 Å². The second kappa shape index (κ2) is 7.67. The van der Waals surface area contributed by atoms with Crippen molar-refractivity contribution in [1.29, 1.82) is 0 Å². The van der Waals surface area contributed by atoms with Gasteiger partial charge < -0.3 is 15.2 Å². The first-order valence-corrected chi connectivity index (χ1v) is 8.87. The van der Waals surface area contributed by atoms with Gasteiger partial charge in [0.1, 0.15) is 15.8 Å². The lowest BCUT2D eigenvalue weighted by atomic mass is 10.1. The monoisotopic (exact) mass is 373 g/mol. The van der Waals surface area contributed by atoms with Crippen molar-refractivity contribution in [2.45, 2.75) is 18.1 Å². The van der Waals surface area contributed by atoms with E-state index in [1.807, 2.05) is 24.3 Å². The summed E-state index contributed by atoms with van der Waals surface area (Å²) in [6, 6.07) is 14.5. The zero-order chi connectivity index (χ0) is 17.8. The van der Waals surface area contributed by atoms with Gasteiger partial charge in [-0.05, 0) is 41.8 Å². The summed E-state index contributed by atoms with van der Waals surface area (Å²) >= 11 is 6.37. The fourth-order valence-corrected chi connectivity index (χ4v) is 3.73. The van der Waals surface area contributed by atoms with E-state index in [1.54, 1.807) is 24.3 Å². The zero-order valence-electron chi connectivity index (χ0n) is 13.1. The molecule has 0 aliphatic carbocycles. The molecule has 1 aliphatic heterocycles. The predicted octanol–water partition coefficient (Wildman–Crippen LogP) is 3.17. The van der Waals surface area contributed by atoms with E-state index in [2.05, 4.69) is 5.32 Å². The smallest absolute Gasteiger partial charge is 0.307 e. The Morgan fingerprint density at radius 1 is 1.08 bits per heavy atom. The number of benzene rings is 2. The molecular weight excluding hydrogens is 358 g/mol. The van der Waals surface area contributed by atoms with Crippen molar-refractivity contribution in [3.8, 4) is 11.5 Å². The third-order valence-corrected chi connectivity index (χ3v) is 5.00. The van der Waals surface area contributed by atoms with Crippen LogP contribution in [-0.2, 0) is 22.4 Å². The molecule has 1 saturated heterocycles. The number of aliphatic carboxylic acids is 1. The van der Waals surface area contributed by atoms with Crippen molar-refractivity contribution in [2.75, 3.05) is 0 Å². The van der Waals surface area contributed by atoms with Crippen LogP contribution in [0, 0.1) is 0 Å². The molecular formula is C18H15NO4S2. The third-order valence-electron chi connectivity index (χ3n) is 3.63. The van der Waals surface area contributed by atoms with Crippen LogP contribution in [0.2, 0.25) is 0 Å². The Kier molecular flexibility index (Phi) is 5.35. The Morgan fingerprint density at radius 2 is 1.64 bits per heavy atom. The average molecular weight is 373 g/mol. The van der Waals surface area contributed by atoms with Crippen LogP contribution in [0.5, 0.6) is 11.5 Å². The maximum Gasteiger partial charge on any atom is 0.307 e. The highest BCUT2D eigenvalue weighted by atomic mass is 32.2. The lowest BCUT2D eigenvalue weighted by Gasteiger charge is -2.09. The molecule has 1 unspecified atom stereocenters. The van der Waals surface area contributed by atoms with Crippen LogP contribution < -0.4 is 10.1 Å². The van der Waals surface area contributed by atoms with E-state index in [-0.39, 0.29) is 17.6 Å². The normalized spacial score (nSPS) is 16.6. The maximum atomic E-state index is 11.7. The SMILES string of the molecule is O=C(O)Cc1ccc(Oc2ccc(CC3SC(=S)NC3=O)cc2)cc1. The fraction of sp³-hybridized carbons (Fsp3) is 0.167. The highest BCUT2D eigenvalue weighted by molar-refractivity contribution is 8.24. The number of carboxylic acids is 1. The first-order chi connectivity index (χ1) is 12.0. The minimum absolute atomic E-state index is 0.00876. The van der Waals surface area contributed by atoms with Gasteiger partial charge in [-0.25, -0.2) is 0 Å². The van der Waals surface area contributed by atoms with E-state index in [4.69, 9.17) is 22.1 Å². The number of thiocarbonyl (C=S) groups is 1. The molecule has 0 radical (unpaired) electrons. The topological polar surface area (TPSA) is 75.6 Å². The van der Waals surface area contributed by atoms with E-state index in [9.17, 15) is 9.59 Å². The summed E-state index contributed by atoms with van der Waals surface area (Å²) in [7, 11) is 0. The molecule has 1 amide bonds. The Balaban J connectivity index is 1.60. The molecule has 128 valence electrons. The average Bonchev–Trinajstić information content (AvgIpc) is 2.88. The number of carboxylic acid groups (broad SMARTS) is 1. The Hall–Kier alpha value is -2.38. The van der Waals surface area contributed by atoms with Crippen molar-refractivity contribution >= 4 is 40.2 Å². The number of ether oxygens (including phenoxy) is 1. The molecule has 1 fully saturated rings. The summed E-state index contributed by atoms with van der Waals surface area (Å²) in [5, 5.41) is 11.2. The molecule has 3 rings (SSSR count). The van der Waals surface area contributed by atoms with Gasteiger partial charge in [0, 0.05) is 0 Å². The minimum atomic E-state index is -0.862. The second-order valence-corrected chi connectivity index (χ2v) is 7.43. The fourth-order valence-electron chi connectivity index (χ4n) is 2.42. The van der Waals surface area contributed by atoms with E-state index in [1.165, 1.54) is 11.8 Å². The van der Waals surface area contributed by atoms with Crippen LogP contribution in [0.4, 0.5) is 0 Å². The van der Waals surface area contributed by atoms with Crippen LogP contribution in [-0.4, -0.2) is 26.6 Å². The second-order valence-electron chi connectivity index (χ2n) is 5.55. The van der Waals surface area contributed by atoms with Gasteiger partial charge in [-0.3, -0.25) is 9.59 Å². The summed E-state index contributed by atoms with van der Waals surface area (Å²) in [5.41, 5.74) is 1.75. The number of hydrogen-bond donors (Lipinski definition) is 2. The quantitative estimate of drug-likeness (QED) is 0.758. The molecule has 25 heavy (non-hydrogen) atoms. The van der Waals surface area contributed by atoms with Crippen LogP contribution in [0.15, 0.2) is 48.5 Å². The Bertz CT molecular complexity index is 803. The van der Waals surface area contributed by atoms with Gasteiger partial charge in [0.05, 0.1) is 11.7 Å². The Labute approximate surface area is 154 Å². The van der Waals surface area contributed by atoms with Gasteiger partial charge in [-0.2, -0.15) is 0 Å². The first-order valence-electron chi connectivity index (χ1n) is 7.58. The van der Waals surface area contributed by atoms with Crippen LogP contribution in [0.1, 0.15) is 11.1 Å². The highest BCUT2D eigenvalue weighted by Crippen LogP contribution is 2.26. The molecule has 1 aliphatic rings. The molecule has 2 N–H and O–H groups in total. The molecule has 0 bridgehead atoms. The van der Waals surface area contributed by atoms with Gasteiger partial charge in [0.15, 0.2) is 0 Å². The lowest BCUT2D eigenvalue weighted by Crippen LogP contribution is -2.25. The highest BCUT2D eigenvalue weighted by Gasteiger charge is 2.28. The zero-order valence-corrected chi connectivity index (χ0v) is 14.7. The molecule has 2 aromatic carbocycles. The molecule has 0 aromatic heterocycles. The van der Waals surface area contributed by atoms with E-state index >= 15 is 0 Å². The van der Waals surface area contributed by atoms with Crippen LogP contribution in [0.3, 0.4) is 0 Å². The number of hydrogen-bond acceptors (Lipinski definition) is 5. The van der Waals surface area contributed by atoms with Crippen LogP contribution >= 0.6 is 24.0 Å². The van der Waals surface area contributed by atoms with E-state index in [0.717, 1.165) is 11.1 Å². The Morgan fingerprint density at radius 3 is 2.12 bits per heavy atom. The van der Waals surface area contributed by atoms with Crippen molar-refractivity contribution in [2.24, 2.45) is 0 Å². The standard InChI is InChI=1S/C18H15NO4S2/c20-16(21)10-12-3-7-14(8-4-12)23-13-5-1-11(2-6-13)9-15-17(22)19-18(24)25-15/h1-8,15H,9-10H2,(H,20,21)(H,19,22,24). The molecule has 5 nitrogen and oxygen atoms in total. The number of nitrogens with one attached hydrogen (secondary N) is 1. The van der Waals surface area contributed by atoms with Crippen molar-refractivity contribution < 1.29 is 19.4 Å². The van der Waals surface area contributed by atoms with Crippen molar-refractivity contribution in [3.63, 3.8) is 0 Å². The summed E-state index contributed by atoms with van der Waals surface area (Å²) < 4.78 is 6.28. The number of rotatable bonds is 6. The number of amides is 1. The summed E-state index contributed by atoms with van der Waals surface area (Å²) in [6.07, 6.45) is 0.603. The number of thioether (sulfide) groups is 1. The number of carbonyl (C=O) groups is 2. The van der Waals surface area contributed by atoms with Crippen molar-refractivity contribution in [1.82, 2.24) is 5.32 Å². The molecule has 7 heteroatoms. The first kappa shape index (κ1) is 17.4. The van der Waals surface area contributed by atoms with Crippen LogP contribution in [0.25, 0.3) is 0 Å². The molecule has 0 spiro atoms. The lowest BCUT2D eigenvalue weighted by molar-refractivity contribution is -0.136. The van der Waals surface area contributed by atoms with Crippen molar-refractivity contribution in [3.05, 3.63) is 59.7 Å². The van der Waals surface area contributed by atoms with Gasteiger partial charge in [-0.1, -0.05) is 48.2 Å². The third kappa shape index (κ3) is 4.80. The largest absolute Gasteiger partial charge is 0.481 e. The summed E-state index contributed by atoms with van der Waals surface area (Å²) in [6.45, 7) is 0. The molecule has 1 heterocycles. The van der Waals surface area contributed by atoms with Gasteiger partial charge in [0.25, 0.3) is 0 Å². The number of carbonyl (C=O) groups excluding carboxylic acids is 1. The summed E-state index contributed by atoms with van der Waals surface area (Å²) in [5.74, 6) is 0.405. The van der Waals surface area contributed by atoms with Gasteiger partial charge in [0.2, 0.25) is 5.91 Å². The minimum Gasteiger partial charge on any atom is -0.481 e. The van der Waals surface area contributed by atoms with Gasteiger partial charge in [-0.15, -0.1) is 0 Å². The molecule has 1 atom stereocenters.